The molecule has 0 saturated carbocycles. The summed E-state index contributed by atoms with van der Waals surface area (Å²) in [6.45, 7) is 4.94. The van der Waals surface area contributed by atoms with E-state index in [1.807, 2.05) is 44.2 Å². The van der Waals surface area contributed by atoms with Crippen molar-refractivity contribution in [3.63, 3.8) is 0 Å². The van der Waals surface area contributed by atoms with Gasteiger partial charge in [-0.2, -0.15) is 0 Å². The third kappa shape index (κ3) is 10.6. The number of amides is 2. The molecule has 2 rings (SSSR count). The number of thiocarbonyl (C=S) groups is 1. The van der Waals surface area contributed by atoms with E-state index in [1.165, 1.54) is 0 Å². The van der Waals surface area contributed by atoms with Gasteiger partial charge in [-0.1, -0.05) is 44.2 Å². The number of hydrazine groups is 1. The standard InChI is InChI=1S/C24H29N3O5S/c1-17(2)16-32-20-10-8-19(9-11-20)23(30)26-27-24(33)25-21(28)12-13-22(29)31-15-14-18-6-4-3-5-7-18/h3-11,17H,12-16H2,1-2H3,(H,26,30)(H2,25,27,28,33). The highest BCUT2D eigenvalue weighted by atomic mass is 32.1. The summed E-state index contributed by atoms with van der Waals surface area (Å²) in [5.74, 6) is -0.278. The van der Waals surface area contributed by atoms with Crippen LogP contribution in [0, 0.1) is 5.92 Å². The van der Waals surface area contributed by atoms with Crippen molar-refractivity contribution in [3.8, 4) is 5.75 Å². The van der Waals surface area contributed by atoms with Gasteiger partial charge in [0.05, 0.1) is 19.6 Å². The summed E-state index contributed by atoms with van der Waals surface area (Å²) in [5.41, 5.74) is 6.33. The zero-order valence-electron chi connectivity index (χ0n) is 18.8. The quantitative estimate of drug-likeness (QED) is 0.278. The molecule has 0 aromatic heterocycles. The Morgan fingerprint density at radius 1 is 0.939 bits per heavy atom. The van der Waals surface area contributed by atoms with Gasteiger partial charge in [0.15, 0.2) is 5.11 Å². The first-order valence-electron chi connectivity index (χ1n) is 10.7. The van der Waals surface area contributed by atoms with Crippen molar-refractivity contribution < 1.29 is 23.9 Å². The third-order valence-corrected chi connectivity index (χ3v) is 4.50. The van der Waals surface area contributed by atoms with Gasteiger partial charge in [-0.3, -0.25) is 25.2 Å². The molecule has 0 aliphatic heterocycles. The number of esters is 1. The Bertz CT molecular complexity index is 933. The maximum absolute atomic E-state index is 12.2. The Kier molecular flexibility index (Phi) is 10.8. The fourth-order valence-electron chi connectivity index (χ4n) is 2.59. The molecule has 2 amide bonds. The molecule has 0 atom stereocenters. The van der Waals surface area contributed by atoms with Crippen LogP contribution in [0.5, 0.6) is 5.75 Å². The van der Waals surface area contributed by atoms with E-state index < -0.39 is 17.8 Å². The van der Waals surface area contributed by atoms with Crippen LogP contribution >= 0.6 is 12.2 Å². The average Bonchev–Trinajstić information content (AvgIpc) is 2.81. The van der Waals surface area contributed by atoms with E-state index in [2.05, 4.69) is 16.2 Å². The molecule has 0 radical (unpaired) electrons. The van der Waals surface area contributed by atoms with E-state index in [9.17, 15) is 14.4 Å². The van der Waals surface area contributed by atoms with Crippen molar-refractivity contribution in [1.29, 1.82) is 0 Å². The summed E-state index contributed by atoms with van der Waals surface area (Å²) in [6.07, 6.45) is 0.457. The minimum Gasteiger partial charge on any atom is -0.493 e. The first kappa shape index (κ1) is 25.8. The molecule has 0 unspecified atom stereocenters. The Morgan fingerprint density at radius 3 is 2.30 bits per heavy atom. The summed E-state index contributed by atoms with van der Waals surface area (Å²) < 4.78 is 10.7. The van der Waals surface area contributed by atoms with Gasteiger partial charge in [-0.15, -0.1) is 0 Å². The number of nitrogens with one attached hydrogen (secondary N) is 3. The normalized spacial score (nSPS) is 10.3. The summed E-state index contributed by atoms with van der Waals surface area (Å²) in [5, 5.41) is 2.32. The molecular formula is C24H29N3O5S. The number of rotatable bonds is 10. The van der Waals surface area contributed by atoms with Crippen molar-refractivity contribution in [1.82, 2.24) is 16.2 Å². The second kappa shape index (κ2) is 13.8. The van der Waals surface area contributed by atoms with Gasteiger partial charge in [0, 0.05) is 18.4 Å². The van der Waals surface area contributed by atoms with Gasteiger partial charge in [-0.25, -0.2) is 0 Å². The van der Waals surface area contributed by atoms with Gasteiger partial charge >= 0.3 is 5.97 Å². The molecule has 0 spiro atoms. The molecule has 0 fully saturated rings. The summed E-state index contributed by atoms with van der Waals surface area (Å²) >= 11 is 4.99. The van der Waals surface area contributed by atoms with Crippen LogP contribution in [0.1, 0.15) is 42.6 Å². The third-order valence-electron chi connectivity index (χ3n) is 4.30. The zero-order chi connectivity index (χ0) is 24.1. The zero-order valence-corrected chi connectivity index (χ0v) is 19.6. The van der Waals surface area contributed by atoms with E-state index in [0.29, 0.717) is 30.3 Å². The highest BCUT2D eigenvalue weighted by Gasteiger charge is 2.11. The molecule has 0 heterocycles. The Hall–Kier alpha value is -3.46. The van der Waals surface area contributed by atoms with Crippen molar-refractivity contribution >= 4 is 35.1 Å². The number of benzene rings is 2. The van der Waals surface area contributed by atoms with Crippen molar-refractivity contribution in [2.75, 3.05) is 13.2 Å². The monoisotopic (exact) mass is 471 g/mol. The molecule has 2 aromatic rings. The van der Waals surface area contributed by atoms with Crippen LogP contribution < -0.4 is 20.9 Å². The van der Waals surface area contributed by atoms with Gasteiger partial charge < -0.3 is 14.8 Å². The van der Waals surface area contributed by atoms with Gasteiger partial charge in [0.1, 0.15) is 5.75 Å². The largest absolute Gasteiger partial charge is 0.493 e. The lowest BCUT2D eigenvalue weighted by Gasteiger charge is -2.12. The molecule has 9 heteroatoms. The number of hydrogen-bond acceptors (Lipinski definition) is 6. The Morgan fingerprint density at radius 2 is 1.64 bits per heavy atom. The average molecular weight is 472 g/mol. The lowest BCUT2D eigenvalue weighted by atomic mass is 10.2. The highest BCUT2D eigenvalue weighted by Crippen LogP contribution is 2.13. The molecule has 3 N–H and O–H groups in total. The van der Waals surface area contributed by atoms with Crippen LogP contribution in [0.2, 0.25) is 0 Å². The molecule has 8 nitrogen and oxygen atoms in total. The Labute approximate surface area is 199 Å². The van der Waals surface area contributed by atoms with E-state index in [-0.39, 0.29) is 24.6 Å². The number of hydrogen-bond donors (Lipinski definition) is 3. The summed E-state index contributed by atoms with van der Waals surface area (Å²) in [4.78, 5) is 35.9. The molecular weight excluding hydrogens is 442 g/mol. The summed E-state index contributed by atoms with van der Waals surface area (Å²) in [6, 6.07) is 16.3. The van der Waals surface area contributed by atoms with E-state index in [4.69, 9.17) is 21.7 Å². The second-order valence-electron chi connectivity index (χ2n) is 7.64. The van der Waals surface area contributed by atoms with Crippen LogP contribution in [0.25, 0.3) is 0 Å². The number of ether oxygens (including phenoxy) is 2. The first-order valence-corrected chi connectivity index (χ1v) is 11.1. The molecule has 0 aliphatic carbocycles. The number of carbonyl (C=O) groups excluding carboxylic acids is 3. The van der Waals surface area contributed by atoms with Crippen molar-refractivity contribution in [3.05, 3.63) is 65.7 Å². The maximum atomic E-state index is 12.2. The van der Waals surface area contributed by atoms with Crippen LogP contribution in [0.4, 0.5) is 0 Å². The first-order chi connectivity index (χ1) is 15.8. The SMILES string of the molecule is CC(C)COc1ccc(C(=O)NNC(=S)NC(=O)CCC(=O)OCCc2ccccc2)cc1. The molecule has 0 bridgehead atoms. The van der Waals surface area contributed by atoms with E-state index in [1.54, 1.807) is 24.3 Å². The highest BCUT2D eigenvalue weighted by molar-refractivity contribution is 7.80. The molecule has 33 heavy (non-hydrogen) atoms. The van der Waals surface area contributed by atoms with Crippen molar-refractivity contribution in [2.45, 2.75) is 33.1 Å². The van der Waals surface area contributed by atoms with E-state index in [0.717, 1.165) is 5.56 Å². The smallest absolute Gasteiger partial charge is 0.306 e. The predicted molar refractivity (Wildman–Crippen MR) is 128 cm³/mol. The minimum absolute atomic E-state index is 0.0686. The lowest BCUT2D eigenvalue weighted by Crippen LogP contribution is -2.48. The topological polar surface area (TPSA) is 106 Å². The van der Waals surface area contributed by atoms with Crippen LogP contribution in [-0.4, -0.2) is 36.1 Å². The Balaban J connectivity index is 1.61. The lowest BCUT2D eigenvalue weighted by molar-refractivity contribution is -0.144. The fraction of sp³-hybridized carbons (Fsp3) is 0.333. The predicted octanol–water partition coefficient (Wildman–Crippen LogP) is 2.92. The maximum Gasteiger partial charge on any atom is 0.306 e. The van der Waals surface area contributed by atoms with Gasteiger partial charge in [0.2, 0.25) is 5.91 Å². The fourth-order valence-corrected chi connectivity index (χ4v) is 2.75. The molecule has 176 valence electrons. The second-order valence-corrected chi connectivity index (χ2v) is 8.05. The van der Waals surface area contributed by atoms with Gasteiger partial charge in [-0.05, 0) is 48.0 Å². The van der Waals surface area contributed by atoms with E-state index >= 15 is 0 Å². The molecule has 2 aromatic carbocycles. The summed E-state index contributed by atoms with van der Waals surface area (Å²) in [7, 11) is 0. The van der Waals surface area contributed by atoms with Gasteiger partial charge in [0.25, 0.3) is 5.91 Å². The molecule has 0 aliphatic rings. The minimum atomic E-state index is -0.464. The number of carbonyl (C=O) groups is 3. The van der Waals surface area contributed by atoms with Crippen molar-refractivity contribution in [2.24, 2.45) is 5.92 Å². The van der Waals surface area contributed by atoms with Crippen LogP contribution in [-0.2, 0) is 20.7 Å². The van der Waals surface area contributed by atoms with Crippen LogP contribution in [0.15, 0.2) is 54.6 Å². The molecule has 0 saturated heterocycles. The van der Waals surface area contributed by atoms with Crippen LogP contribution in [0.3, 0.4) is 0 Å².